The van der Waals surface area contributed by atoms with Crippen LogP contribution >= 0.6 is 0 Å². The van der Waals surface area contributed by atoms with Gasteiger partial charge in [0.2, 0.25) is 5.91 Å². The van der Waals surface area contributed by atoms with Crippen LogP contribution in [0.25, 0.3) is 0 Å². The van der Waals surface area contributed by atoms with Gasteiger partial charge in [0.05, 0.1) is 33.5 Å². The average Bonchev–Trinajstić information content (AvgIpc) is 3.44. The summed E-state index contributed by atoms with van der Waals surface area (Å²) in [5.41, 5.74) is -1.06. The molecule has 1 atom stereocenters. The minimum Gasteiger partial charge on any atom is -0.497 e. The first-order chi connectivity index (χ1) is 22.0. The van der Waals surface area contributed by atoms with Crippen molar-refractivity contribution in [2.75, 3.05) is 41.0 Å². The van der Waals surface area contributed by atoms with E-state index in [1.165, 1.54) is 38.4 Å². The van der Waals surface area contributed by atoms with Crippen LogP contribution in [-0.2, 0) is 22.3 Å². The van der Waals surface area contributed by atoms with Crippen LogP contribution in [0.4, 0.5) is 13.2 Å². The van der Waals surface area contributed by atoms with Gasteiger partial charge in [-0.1, -0.05) is 12.1 Å². The summed E-state index contributed by atoms with van der Waals surface area (Å²) in [5, 5.41) is 2.68. The van der Waals surface area contributed by atoms with E-state index in [0.717, 1.165) is 12.1 Å². The molecule has 0 bridgehead atoms. The van der Waals surface area contributed by atoms with E-state index in [2.05, 4.69) is 5.32 Å². The van der Waals surface area contributed by atoms with Crippen LogP contribution in [0.2, 0.25) is 0 Å². The van der Waals surface area contributed by atoms with E-state index in [-0.39, 0.29) is 50.6 Å². The molecule has 10 nitrogen and oxygen atoms in total. The van der Waals surface area contributed by atoms with Crippen LogP contribution in [0, 0.1) is 0 Å². The van der Waals surface area contributed by atoms with Crippen molar-refractivity contribution < 1.29 is 46.5 Å². The van der Waals surface area contributed by atoms with E-state index < -0.39 is 35.3 Å². The van der Waals surface area contributed by atoms with Crippen LogP contribution < -0.4 is 19.5 Å². The number of amides is 3. The number of likely N-dealkylation sites (tertiary alicyclic amines) is 1. The van der Waals surface area contributed by atoms with Crippen molar-refractivity contribution >= 4 is 17.7 Å². The van der Waals surface area contributed by atoms with Gasteiger partial charge in [0.25, 0.3) is 11.8 Å². The zero-order valence-electron chi connectivity index (χ0n) is 25.6. The third-order valence-electron chi connectivity index (χ3n) is 8.30. The summed E-state index contributed by atoms with van der Waals surface area (Å²) in [6, 6.07) is 14.9. The Hall–Kier alpha value is -4.78. The molecule has 3 aromatic carbocycles. The van der Waals surface area contributed by atoms with Crippen LogP contribution in [0.3, 0.4) is 0 Å². The van der Waals surface area contributed by atoms with Gasteiger partial charge < -0.3 is 29.2 Å². The molecule has 46 heavy (non-hydrogen) atoms. The highest BCUT2D eigenvalue weighted by atomic mass is 19.4. The zero-order valence-corrected chi connectivity index (χ0v) is 25.6. The number of halogens is 3. The van der Waals surface area contributed by atoms with E-state index in [4.69, 9.17) is 18.9 Å². The van der Waals surface area contributed by atoms with Gasteiger partial charge in [-0.2, -0.15) is 13.2 Å². The first-order valence-electron chi connectivity index (χ1n) is 14.6. The molecule has 3 amide bonds. The van der Waals surface area contributed by atoms with Gasteiger partial charge in [-0.3, -0.25) is 19.3 Å². The van der Waals surface area contributed by atoms with Crippen LogP contribution in [0.5, 0.6) is 17.2 Å². The highest BCUT2D eigenvalue weighted by molar-refractivity contribution is 5.99. The van der Waals surface area contributed by atoms with Crippen LogP contribution in [0.1, 0.15) is 44.7 Å². The Labute approximate surface area is 264 Å². The van der Waals surface area contributed by atoms with Gasteiger partial charge in [0.15, 0.2) is 11.5 Å². The molecule has 1 spiro atoms. The zero-order chi connectivity index (χ0) is 33.1. The molecule has 244 valence electrons. The predicted octanol–water partition coefficient (Wildman–Crippen LogP) is 4.52. The van der Waals surface area contributed by atoms with Gasteiger partial charge in [-0.25, -0.2) is 0 Å². The monoisotopic (exact) mass is 641 g/mol. The number of carbonyl (C=O) groups excluding carboxylic acids is 3. The average molecular weight is 642 g/mol. The molecule has 0 unspecified atom stereocenters. The molecule has 0 saturated carbocycles. The number of carbonyl (C=O) groups is 3. The van der Waals surface area contributed by atoms with Crippen molar-refractivity contribution in [1.82, 2.24) is 15.1 Å². The van der Waals surface area contributed by atoms with Crippen molar-refractivity contribution in [3.05, 3.63) is 89.0 Å². The summed E-state index contributed by atoms with van der Waals surface area (Å²) >= 11 is 0. The largest absolute Gasteiger partial charge is 0.497 e. The molecule has 5 rings (SSSR count). The van der Waals surface area contributed by atoms with Crippen molar-refractivity contribution in [2.24, 2.45) is 0 Å². The Morgan fingerprint density at radius 1 is 0.870 bits per heavy atom. The smallest absolute Gasteiger partial charge is 0.416 e. The lowest BCUT2D eigenvalue weighted by Crippen LogP contribution is -2.59. The van der Waals surface area contributed by atoms with Gasteiger partial charge in [0.1, 0.15) is 17.5 Å². The fraction of sp³-hybridized carbons (Fsp3) is 0.364. The van der Waals surface area contributed by atoms with E-state index in [9.17, 15) is 27.6 Å². The fourth-order valence-corrected chi connectivity index (χ4v) is 5.82. The van der Waals surface area contributed by atoms with Crippen molar-refractivity contribution in [2.45, 2.75) is 37.3 Å². The third-order valence-corrected chi connectivity index (χ3v) is 8.30. The van der Waals surface area contributed by atoms with Crippen molar-refractivity contribution in [1.29, 1.82) is 0 Å². The van der Waals surface area contributed by atoms with Gasteiger partial charge >= 0.3 is 6.18 Å². The normalized spacial score (nSPS) is 17.5. The number of rotatable bonds is 8. The summed E-state index contributed by atoms with van der Waals surface area (Å²) in [6.45, 7) is 0.167. The fourth-order valence-electron chi connectivity index (χ4n) is 5.82. The Bertz CT molecular complexity index is 1590. The van der Waals surface area contributed by atoms with Crippen molar-refractivity contribution in [3.8, 4) is 17.2 Å². The summed E-state index contributed by atoms with van der Waals surface area (Å²) < 4.78 is 61.7. The lowest BCUT2D eigenvalue weighted by atomic mass is 9.96. The second kappa shape index (κ2) is 13.3. The quantitative estimate of drug-likeness (QED) is 0.386. The molecule has 1 N–H and O–H groups in total. The summed E-state index contributed by atoms with van der Waals surface area (Å²) in [5.74, 6) is 0.176. The van der Waals surface area contributed by atoms with E-state index >= 15 is 0 Å². The molecule has 0 radical (unpaired) electrons. The maximum Gasteiger partial charge on any atom is 0.416 e. The van der Waals surface area contributed by atoms with Crippen molar-refractivity contribution in [3.63, 3.8) is 0 Å². The van der Waals surface area contributed by atoms with Crippen LogP contribution in [-0.4, -0.2) is 80.3 Å². The topological polar surface area (TPSA) is 107 Å². The number of ether oxygens (including phenoxy) is 4. The molecule has 13 heteroatoms. The number of benzene rings is 3. The molecule has 0 aliphatic carbocycles. The number of alkyl halides is 3. The maximum absolute atomic E-state index is 14.0. The second-order valence-electron chi connectivity index (χ2n) is 11.0. The number of nitrogens with one attached hydrogen (secondary N) is 1. The Kier molecular flexibility index (Phi) is 9.42. The summed E-state index contributed by atoms with van der Waals surface area (Å²) in [4.78, 5) is 44.0. The van der Waals surface area contributed by atoms with Gasteiger partial charge in [-0.05, 0) is 60.2 Å². The molecular weight excluding hydrogens is 607 g/mol. The molecule has 2 aliphatic heterocycles. The maximum atomic E-state index is 14.0. The second-order valence-corrected chi connectivity index (χ2v) is 11.0. The molecule has 3 aromatic rings. The number of piperidine rings is 1. The summed E-state index contributed by atoms with van der Waals surface area (Å²) in [7, 11) is 4.49. The molecule has 2 heterocycles. The first kappa shape index (κ1) is 32.6. The van der Waals surface area contributed by atoms with E-state index in [1.807, 2.05) is 0 Å². The molecular formula is C33H34F3N3O7. The highest BCUT2D eigenvalue weighted by Crippen LogP contribution is 2.39. The van der Waals surface area contributed by atoms with Gasteiger partial charge in [0, 0.05) is 43.6 Å². The van der Waals surface area contributed by atoms with Gasteiger partial charge in [-0.15, -0.1) is 0 Å². The number of hydrogen-bond donors (Lipinski definition) is 1. The Morgan fingerprint density at radius 3 is 2.17 bits per heavy atom. The standard InChI is InChI=1S/C33H34F3N3O7/c1-43-25-10-7-22(8-11-25)31(42)39-26(29(40)37-19-21-5-4-6-24(17-21)33(34,35)36)20-46-32(39)13-15-38(16-14-32)30(41)23-9-12-27(44-2)28(18-23)45-3/h4-12,17-18,26H,13-16,19-20H2,1-3H3,(H,37,40)/t26-/m0/s1. The van der Waals surface area contributed by atoms with E-state index in [0.29, 0.717) is 28.4 Å². The molecule has 2 aliphatic rings. The number of methoxy groups -OCH3 is 3. The Balaban J connectivity index is 1.36. The van der Waals surface area contributed by atoms with E-state index in [1.54, 1.807) is 47.4 Å². The number of hydrogen-bond acceptors (Lipinski definition) is 7. The molecule has 2 saturated heterocycles. The number of nitrogens with zero attached hydrogens (tertiary/aromatic N) is 2. The first-order valence-corrected chi connectivity index (χ1v) is 14.6. The Morgan fingerprint density at radius 2 is 1.54 bits per heavy atom. The van der Waals surface area contributed by atoms with Crippen LogP contribution in [0.15, 0.2) is 66.7 Å². The molecule has 0 aromatic heterocycles. The lowest BCUT2D eigenvalue weighted by molar-refractivity contribution is -0.137. The SMILES string of the molecule is COc1ccc(C(=O)N2[C@H](C(=O)NCc3cccc(C(F)(F)F)c3)COC23CCN(C(=O)c2ccc(OC)c(OC)c2)CC3)cc1. The molecule has 2 fully saturated rings. The lowest BCUT2D eigenvalue weighted by Gasteiger charge is -2.44. The summed E-state index contributed by atoms with van der Waals surface area (Å²) in [6.07, 6.45) is -4.07. The third kappa shape index (κ3) is 6.59. The minimum atomic E-state index is -4.52. The minimum absolute atomic E-state index is 0.125. The highest BCUT2D eigenvalue weighted by Gasteiger charge is 2.54. The predicted molar refractivity (Wildman–Crippen MR) is 160 cm³/mol.